The molecule has 28 heavy (non-hydrogen) atoms. The second-order valence-electron chi connectivity index (χ2n) is 8.39. The molecule has 1 saturated heterocycles. The zero-order chi connectivity index (χ0) is 19.8. The minimum atomic E-state index is -0.374. The predicted octanol–water partition coefficient (Wildman–Crippen LogP) is 3.67. The van der Waals surface area contributed by atoms with E-state index >= 15 is 0 Å². The van der Waals surface area contributed by atoms with Crippen molar-refractivity contribution in [2.45, 2.75) is 57.8 Å². The van der Waals surface area contributed by atoms with Gasteiger partial charge in [0, 0.05) is 36.8 Å². The Bertz CT molecular complexity index is 894. The summed E-state index contributed by atoms with van der Waals surface area (Å²) in [6, 6.07) is 8.08. The number of carbonyl (C=O) groups excluding carboxylic acids is 2. The number of aromatic nitrogens is 2. The van der Waals surface area contributed by atoms with E-state index in [0.717, 1.165) is 48.4 Å². The number of fused-ring (bicyclic) bond motifs is 1. The molecule has 2 N–H and O–H groups in total. The molecule has 1 fully saturated rings. The number of hydrogen-bond donors (Lipinski definition) is 2. The molecular formula is C22H28N4O2. The fraction of sp³-hybridized carbons (Fsp3) is 0.500. The minimum Gasteiger partial charge on any atom is -0.343 e. The van der Waals surface area contributed by atoms with Gasteiger partial charge in [-0.15, -0.1) is 0 Å². The van der Waals surface area contributed by atoms with Crippen LogP contribution in [0.3, 0.4) is 0 Å². The summed E-state index contributed by atoms with van der Waals surface area (Å²) in [7, 11) is 0. The van der Waals surface area contributed by atoms with Crippen LogP contribution in [0.2, 0.25) is 0 Å². The van der Waals surface area contributed by atoms with E-state index in [9.17, 15) is 9.59 Å². The van der Waals surface area contributed by atoms with Crippen molar-refractivity contribution in [1.29, 1.82) is 0 Å². The number of hydrogen-bond acceptors (Lipinski definition) is 3. The van der Waals surface area contributed by atoms with E-state index in [1.165, 1.54) is 5.69 Å². The lowest BCUT2D eigenvalue weighted by Gasteiger charge is -2.32. The van der Waals surface area contributed by atoms with Crippen LogP contribution in [0.1, 0.15) is 73.4 Å². The summed E-state index contributed by atoms with van der Waals surface area (Å²) in [5.74, 6) is 0.460. The third kappa shape index (κ3) is 3.55. The third-order valence-corrected chi connectivity index (χ3v) is 6.03. The fourth-order valence-corrected chi connectivity index (χ4v) is 4.25. The second kappa shape index (κ2) is 7.41. The van der Waals surface area contributed by atoms with Crippen molar-refractivity contribution in [2.24, 2.45) is 0 Å². The molecule has 1 aromatic heterocycles. The van der Waals surface area contributed by atoms with Crippen molar-refractivity contribution >= 4 is 17.5 Å². The van der Waals surface area contributed by atoms with Gasteiger partial charge in [0.05, 0.1) is 11.6 Å². The number of likely N-dealkylation sites (tertiary alicyclic amines) is 1. The minimum absolute atomic E-state index is 0.0671. The van der Waals surface area contributed by atoms with Crippen molar-refractivity contribution < 1.29 is 9.59 Å². The Kier molecular flexibility index (Phi) is 4.96. The van der Waals surface area contributed by atoms with Crippen LogP contribution in [0.4, 0.5) is 5.69 Å². The lowest BCUT2D eigenvalue weighted by Crippen LogP contribution is -2.39. The molecule has 2 aliphatic heterocycles. The molecule has 3 heterocycles. The number of benzene rings is 1. The number of nitrogens with one attached hydrogen (secondary N) is 2. The maximum atomic E-state index is 12.9. The second-order valence-corrected chi connectivity index (χ2v) is 8.39. The Balaban J connectivity index is 1.37. The average Bonchev–Trinajstić information content (AvgIpc) is 3.28. The fourth-order valence-electron chi connectivity index (χ4n) is 4.25. The molecular weight excluding hydrogens is 352 g/mol. The molecule has 4 rings (SSSR count). The van der Waals surface area contributed by atoms with Crippen molar-refractivity contribution in [3.05, 3.63) is 46.8 Å². The van der Waals surface area contributed by atoms with E-state index < -0.39 is 0 Å². The summed E-state index contributed by atoms with van der Waals surface area (Å²) in [6.45, 7) is 7.75. The third-order valence-electron chi connectivity index (χ3n) is 6.03. The number of rotatable bonds is 4. The molecule has 2 aromatic rings. The summed E-state index contributed by atoms with van der Waals surface area (Å²) in [6.07, 6.45) is 2.10. The van der Waals surface area contributed by atoms with Crippen LogP contribution in [0.5, 0.6) is 0 Å². The number of carbonyl (C=O) groups is 2. The van der Waals surface area contributed by atoms with Crippen LogP contribution in [0.15, 0.2) is 24.3 Å². The molecule has 6 nitrogen and oxygen atoms in total. The average molecular weight is 380 g/mol. The van der Waals surface area contributed by atoms with Gasteiger partial charge in [0.2, 0.25) is 11.8 Å². The first-order chi connectivity index (χ1) is 13.4. The largest absolute Gasteiger partial charge is 0.343 e. The first kappa shape index (κ1) is 18.7. The number of anilines is 1. The first-order valence-electron chi connectivity index (χ1n) is 10.2. The van der Waals surface area contributed by atoms with Gasteiger partial charge >= 0.3 is 0 Å². The zero-order valence-electron chi connectivity index (χ0n) is 16.8. The molecule has 0 aliphatic carbocycles. The number of H-pyrrole nitrogens is 1. The summed E-state index contributed by atoms with van der Waals surface area (Å²) in [5, 5.41) is 10.5. The van der Waals surface area contributed by atoms with Crippen LogP contribution < -0.4 is 5.32 Å². The number of piperidine rings is 1. The predicted molar refractivity (Wildman–Crippen MR) is 108 cm³/mol. The highest BCUT2D eigenvalue weighted by molar-refractivity contribution is 6.05. The molecule has 0 spiro atoms. The molecule has 0 saturated carbocycles. The summed E-state index contributed by atoms with van der Waals surface area (Å²) in [5.41, 5.74) is 5.16. The van der Waals surface area contributed by atoms with Gasteiger partial charge < -0.3 is 10.2 Å². The van der Waals surface area contributed by atoms with E-state index in [1.54, 1.807) is 0 Å². The standard InChI is InChI=1S/C22H28N4O2/c1-13(2)19-12-20(25-24-19)15-6-8-26(9-7-15)21(27)11-17-16-10-14(3)4-5-18(16)23-22(17)28/h4-5,10,12-13,15,17H,6-9,11H2,1-3H3,(H,23,28)(H,24,25). The Morgan fingerprint density at radius 3 is 2.68 bits per heavy atom. The van der Waals surface area contributed by atoms with Crippen LogP contribution in [0.25, 0.3) is 0 Å². The Morgan fingerprint density at radius 2 is 2.00 bits per heavy atom. The van der Waals surface area contributed by atoms with E-state index in [0.29, 0.717) is 11.8 Å². The van der Waals surface area contributed by atoms with Gasteiger partial charge in [-0.1, -0.05) is 31.5 Å². The summed E-state index contributed by atoms with van der Waals surface area (Å²) < 4.78 is 0. The van der Waals surface area contributed by atoms with Gasteiger partial charge in [0.25, 0.3) is 0 Å². The van der Waals surface area contributed by atoms with Crippen molar-refractivity contribution in [3.8, 4) is 0 Å². The summed E-state index contributed by atoms with van der Waals surface area (Å²) in [4.78, 5) is 27.1. The highest BCUT2D eigenvalue weighted by Gasteiger charge is 2.34. The lowest BCUT2D eigenvalue weighted by molar-refractivity contribution is -0.134. The molecule has 2 amide bonds. The summed E-state index contributed by atoms with van der Waals surface area (Å²) >= 11 is 0. The van der Waals surface area contributed by atoms with Crippen molar-refractivity contribution in [3.63, 3.8) is 0 Å². The number of nitrogens with zero attached hydrogens (tertiary/aromatic N) is 2. The zero-order valence-corrected chi connectivity index (χ0v) is 16.8. The quantitative estimate of drug-likeness (QED) is 0.849. The van der Waals surface area contributed by atoms with E-state index in [-0.39, 0.29) is 24.2 Å². The van der Waals surface area contributed by atoms with Crippen molar-refractivity contribution in [1.82, 2.24) is 15.1 Å². The maximum absolute atomic E-state index is 12.9. The van der Waals surface area contributed by atoms with Gasteiger partial charge in [0.15, 0.2) is 0 Å². The van der Waals surface area contributed by atoms with Gasteiger partial charge in [-0.3, -0.25) is 14.7 Å². The van der Waals surface area contributed by atoms with Gasteiger partial charge in [-0.25, -0.2) is 0 Å². The normalized spacial score (nSPS) is 19.8. The van der Waals surface area contributed by atoms with E-state index in [4.69, 9.17) is 0 Å². The molecule has 0 radical (unpaired) electrons. The highest BCUT2D eigenvalue weighted by atomic mass is 16.2. The molecule has 1 atom stereocenters. The van der Waals surface area contributed by atoms with E-state index in [1.807, 2.05) is 30.0 Å². The maximum Gasteiger partial charge on any atom is 0.232 e. The number of amides is 2. The highest BCUT2D eigenvalue weighted by Crippen LogP contribution is 2.36. The first-order valence-corrected chi connectivity index (χ1v) is 10.2. The molecule has 1 aromatic carbocycles. The smallest absolute Gasteiger partial charge is 0.232 e. The van der Waals surface area contributed by atoms with Gasteiger partial charge in [-0.05, 0) is 43.4 Å². The van der Waals surface area contributed by atoms with Crippen LogP contribution in [-0.4, -0.2) is 40.0 Å². The molecule has 0 bridgehead atoms. The van der Waals surface area contributed by atoms with Crippen molar-refractivity contribution in [2.75, 3.05) is 18.4 Å². The van der Waals surface area contributed by atoms with Crippen LogP contribution in [0, 0.1) is 6.92 Å². The topological polar surface area (TPSA) is 78.1 Å². The molecule has 6 heteroatoms. The Hall–Kier alpha value is -2.63. The van der Waals surface area contributed by atoms with Gasteiger partial charge in [0.1, 0.15) is 0 Å². The van der Waals surface area contributed by atoms with Crippen LogP contribution >= 0.6 is 0 Å². The Morgan fingerprint density at radius 1 is 1.25 bits per heavy atom. The SMILES string of the molecule is Cc1ccc2c(c1)C(CC(=O)N1CCC(c3cc(C(C)C)n[nH]3)CC1)C(=O)N2. The molecule has 1 unspecified atom stereocenters. The van der Waals surface area contributed by atoms with Crippen LogP contribution in [-0.2, 0) is 9.59 Å². The Labute approximate surface area is 165 Å². The van der Waals surface area contributed by atoms with Gasteiger partial charge in [-0.2, -0.15) is 5.10 Å². The monoisotopic (exact) mass is 380 g/mol. The number of aromatic amines is 1. The molecule has 148 valence electrons. The lowest BCUT2D eigenvalue weighted by atomic mass is 9.91. The van der Waals surface area contributed by atoms with E-state index in [2.05, 4.69) is 35.4 Å². The number of aryl methyl sites for hydroxylation is 1. The molecule has 2 aliphatic rings.